The van der Waals surface area contributed by atoms with E-state index < -0.39 is 0 Å². The van der Waals surface area contributed by atoms with Gasteiger partial charge in [0.25, 0.3) is 0 Å². The Balaban J connectivity index is 1.32. The quantitative estimate of drug-likeness (QED) is 0.191. The van der Waals surface area contributed by atoms with Gasteiger partial charge in [-0.2, -0.15) is 0 Å². The van der Waals surface area contributed by atoms with Crippen LogP contribution in [0.25, 0.3) is 87.0 Å². The Labute approximate surface area is 264 Å². The van der Waals surface area contributed by atoms with Gasteiger partial charge in [0.1, 0.15) is 0 Å². The third kappa shape index (κ3) is 4.30. The van der Waals surface area contributed by atoms with Gasteiger partial charge in [0.15, 0.2) is 17.5 Å². The van der Waals surface area contributed by atoms with Crippen LogP contribution in [0.3, 0.4) is 0 Å². The van der Waals surface area contributed by atoms with Gasteiger partial charge in [0.05, 0.1) is 0 Å². The average molecular weight is 592 g/mol. The van der Waals surface area contributed by atoms with E-state index in [2.05, 4.69) is 121 Å². The molecule has 9 rings (SSSR count). The molecule has 0 saturated heterocycles. The molecule has 0 fully saturated rings. The topological polar surface area (TPSA) is 38.7 Å². The van der Waals surface area contributed by atoms with Crippen LogP contribution in [0.5, 0.6) is 0 Å². The lowest BCUT2D eigenvalue weighted by molar-refractivity contribution is 1.08. The second-order valence-corrected chi connectivity index (χ2v) is 12.2. The minimum Gasteiger partial charge on any atom is -0.208 e. The van der Waals surface area contributed by atoms with Crippen LogP contribution in [-0.4, -0.2) is 15.0 Å². The van der Waals surface area contributed by atoms with Crippen LogP contribution in [-0.2, 0) is 0 Å². The van der Waals surface area contributed by atoms with Crippen LogP contribution >= 0.6 is 11.3 Å². The molecule has 0 amide bonds. The number of rotatable bonds is 4. The number of aromatic nitrogens is 3. The SMILES string of the molecule is c1ccc(-c2nc(-c3ccccc3-c3ccccc3)nc(-c3cccc4c3ccc3ccc5c6ccccc6sc5c34)n2)cc1. The number of nitrogens with zero attached hydrogens (tertiary/aromatic N) is 3. The highest BCUT2D eigenvalue weighted by molar-refractivity contribution is 7.26. The van der Waals surface area contributed by atoms with Crippen molar-refractivity contribution in [1.29, 1.82) is 0 Å². The van der Waals surface area contributed by atoms with Crippen molar-refractivity contribution in [2.75, 3.05) is 0 Å². The Morgan fingerprint density at radius 3 is 1.73 bits per heavy atom. The van der Waals surface area contributed by atoms with Gasteiger partial charge in [0.2, 0.25) is 0 Å². The fraction of sp³-hybridized carbons (Fsp3) is 0. The Kier molecular flexibility index (Phi) is 6.00. The summed E-state index contributed by atoms with van der Waals surface area (Å²) in [4.78, 5) is 15.4. The number of hydrogen-bond donors (Lipinski definition) is 0. The fourth-order valence-electron chi connectivity index (χ4n) is 6.43. The first-order valence-corrected chi connectivity index (χ1v) is 15.9. The van der Waals surface area contributed by atoms with E-state index in [1.807, 2.05) is 41.7 Å². The molecule has 0 radical (unpaired) electrons. The summed E-state index contributed by atoms with van der Waals surface area (Å²) in [5.41, 5.74) is 5.13. The molecule has 0 spiro atoms. The van der Waals surface area contributed by atoms with E-state index >= 15 is 0 Å². The number of thiophene rings is 1. The lowest BCUT2D eigenvalue weighted by Gasteiger charge is -2.13. The smallest absolute Gasteiger partial charge is 0.164 e. The summed E-state index contributed by atoms with van der Waals surface area (Å²) in [5, 5.41) is 7.45. The summed E-state index contributed by atoms with van der Waals surface area (Å²) >= 11 is 1.87. The maximum atomic E-state index is 5.19. The van der Waals surface area contributed by atoms with Crippen molar-refractivity contribution < 1.29 is 0 Å². The molecule has 7 aromatic carbocycles. The standard InChI is InChI=1S/C41H25N3S/c1-3-12-26(13-4-1)29-16-7-8-18-34(29)40-42-39(28-14-5-2-6-15-28)43-41(44-40)35-20-11-19-32-30(35)24-22-27-23-25-33-31-17-9-10-21-36(31)45-38(33)37(27)32/h1-25H. The van der Waals surface area contributed by atoms with Crippen LogP contribution in [0.15, 0.2) is 152 Å². The van der Waals surface area contributed by atoms with Gasteiger partial charge in [-0.25, -0.2) is 15.0 Å². The number of fused-ring (bicyclic) bond motifs is 7. The molecule has 45 heavy (non-hydrogen) atoms. The van der Waals surface area contributed by atoms with Crippen molar-refractivity contribution in [2.45, 2.75) is 0 Å². The first-order chi connectivity index (χ1) is 22.3. The minimum absolute atomic E-state index is 0.656. The maximum Gasteiger partial charge on any atom is 0.164 e. The lowest BCUT2D eigenvalue weighted by Crippen LogP contribution is -2.01. The lowest BCUT2D eigenvalue weighted by atomic mass is 9.96. The highest BCUT2D eigenvalue weighted by atomic mass is 32.1. The molecule has 0 aliphatic heterocycles. The van der Waals surface area contributed by atoms with Crippen molar-refractivity contribution in [3.63, 3.8) is 0 Å². The summed E-state index contributed by atoms with van der Waals surface area (Å²) < 4.78 is 2.62. The number of benzene rings is 7. The van der Waals surface area contributed by atoms with Gasteiger partial charge < -0.3 is 0 Å². The van der Waals surface area contributed by atoms with E-state index in [9.17, 15) is 0 Å². The Hall–Kier alpha value is -5.71. The third-order valence-electron chi connectivity index (χ3n) is 8.55. The van der Waals surface area contributed by atoms with E-state index in [0.717, 1.165) is 33.2 Å². The molecule has 0 saturated carbocycles. The van der Waals surface area contributed by atoms with Crippen molar-refractivity contribution >= 4 is 53.1 Å². The van der Waals surface area contributed by atoms with Crippen LogP contribution in [0.4, 0.5) is 0 Å². The van der Waals surface area contributed by atoms with Crippen LogP contribution in [0.1, 0.15) is 0 Å². The summed E-state index contributed by atoms with van der Waals surface area (Å²) in [6.07, 6.45) is 0. The molecule has 3 nitrogen and oxygen atoms in total. The highest BCUT2D eigenvalue weighted by Gasteiger charge is 2.18. The van der Waals surface area contributed by atoms with E-state index in [1.165, 1.54) is 36.3 Å². The summed E-state index contributed by atoms with van der Waals surface area (Å²) in [5.74, 6) is 1.97. The molecule has 0 aliphatic carbocycles. The molecule has 4 heteroatoms. The van der Waals surface area contributed by atoms with Crippen LogP contribution in [0, 0.1) is 0 Å². The monoisotopic (exact) mass is 591 g/mol. The van der Waals surface area contributed by atoms with Gasteiger partial charge in [-0.05, 0) is 33.4 Å². The van der Waals surface area contributed by atoms with Gasteiger partial charge in [-0.15, -0.1) is 11.3 Å². The zero-order valence-corrected chi connectivity index (χ0v) is 25.0. The van der Waals surface area contributed by atoms with Gasteiger partial charge in [-0.1, -0.05) is 146 Å². The molecule has 0 bridgehead atoms. The first kappa shape index (κ1) is 25.8. The van der Waals surface area contributed by atoms with E-state index in [1.54, 1.807) is 0 Å². The summed E-state index contributed by atoms with van der Waals surface area (Å²) in [7, 11) is 0. The third-order valence-corrected chi connectivity index (χ3v) is 9.75. The second-order valence-electron chi connectivity index (χ2n) is 11.2. The van der Waals surface area contributed by atoms with E-state index in [4.69, 9.17) is 15.0 Å². The molecule has 0 aliphatic rings. The Morgan fingerprint density at radius 2 is 0.933 bits per heavy atom. The molecule has 0 atom stereocenters. The molecule has 210 valence electrons. The molecule has 2 aromatic heterocycles. The highest BCUT2D eigenvalue weighted by Crippen LogP contribution is 2.42. The summed E-state index contributed by atoms with van der Waals surface area (Å²) in [6.45, 7) is 0. The molecule has 9 aromatic rings. The normalized spacial score (nSPS) is 11.6. The predicted molar refractivity (Wildman–Crippen MR) is 189 cm³/mol. The second kappa shape index (κ2) is 10.5. The van der Waals surface area contributed by atoms with E-state index in [-0.39, 0.29) is 0 Å². The molecular formula is C41H25N3S. The van der Waals surface area contributed by atoms with Crippen LogP contribution in [0.2, 0.25) is 0 Å². The maximum absolute atomic E-state index is 5.19. The van der Waals surface area contributed by atoms with Crippen LogP contribution < -0.4 is 0 Å². The minimum atomic E-state index is 0.656. The van der Waals surface area contributed by atoms with Crippen molar-refractivity contribution in [1.82, 2.24) is 15.0 Å². The Morgan fingerprint density at radius 1 is 0.356 bits per heavy atom. The predicted octanol–water partition coefficient (Wildman–Crippen LogP) is 11.2. The largest absolute Gasteiger partial charge is 0.208 e. The van der Waals surface area contributed by atoms with Gasteiger partial charge in [-0.3, -0.25) is 0 Å². The fourth-order valence-corrected chi connectivity index (χ4v) is 7.70. The van der Waals surface area contributed by atoms with Crippen molar-refractivity contribution in [3.05, 3.63) is 152 Å². The molecule has 0 N–H and O–H groups in total. The molecule has 0 unspecified atom stereocenters. The number of hydrogen-bond acceptors (Lipinski definition) is 4. The zero-order chi connectivity index (χ0) is 29.7. The molecule has 2 heterocycles. The summed E-state index contributed by atoms with van der Waals surface area (Å²) in [6, 6.07) is 53.1. The Bertz CT molecular complexity index is 2540. The van der Waals surface area contributed by atoms with E-state index in [0.29, 0.717) is 17.5 Å². The average Bonchev–Trinajstić information content (AvgIpc) is 3.51. The van der Waals surface area contributed by atoms with Gasteiger partial charge >= 0.3 is 0 Å². The van der Waals surface area contributed by atoms with Gasteiger partial charge in [0, 0.05) is 42.2 Å². The van der Waals surface area contributed by atoms with Crippen molar-refractivity contribution in [3.8, 4) is 45.3 Å². The first-order valence-electron chi connectivity index (χ1n) is 15.0. The van der Waals surface area contributed by atoms with Crippen molar-refractivity contribution in [2.24, 2.45) is 0 Å². The zero-order valence-electron chi connectivity index (χ0n) is 24.2. The molecular weight excluding hydrogens is 567 g/mol.